The molecule has 2 N–H and O–H groups in total. The van der Waals surface area contributed by atoms with Crippen LogP contribution in [0.4, 0.5) is 0 Å². The first kappa shape index (κ1) is 24.1. The Morgan fingerprint density at radius 2 is 1.71 bits per heavy atom. The molecule has 180 valence electrons. The molecule has 5 rings (SSSR count). The summed E-state index contributed by atoms with van der Waals surface area (Å²) in [5.41, 5.74) is 6.06. The molecule has 0 bridgehead atoms. The Hall–Kier alpha value is -3.04. The van der Waals surface area contributed by atoms with Gasteiger partial charge in [0.25, 0.3) is 10.1 Å². The largest absolute Gasteiger partial charge is 0.340 e. The fourth-order valence-corrected chi connectivity index (χ4v) is 3.85. The lowest BCUT2D eigenvalue weighted by atomic mass is 9.97. The minimum Gasteiger partial charge on any atom is -0.340 e. The number of nitrogens with zero attached hydrogens (tertiary/aromatic N) is 4. The zero-order chi connectivity index (χ0) is 24.7. The number of pyridine rings is 1. The quantitative estimate of drug-likeness (QED) is 0.386. The number of imidazole rings is 2. The number of hydrogen-bond donors (Lipinski definition) is 2. The molecule has 0 aliphatic heterocycles. The Morgan fingerprint density at radius 1 is 1.06 bits per heavy atom. The van der Waals surface area contributed by atoms with Crippen LogP contribution in [-0.2, 0) is 16.7 Å². The van der Waals surface area contributed by atoms with E-state index in [9.17, 15) is 8.42 Å². The molecule has 0 atom stereocenters. The summed E-state index contributed by atoms with van der Waals surface area (Å²) in [6, 6.07) is 14.5. The summed E-state index contributed by atoms with van der Waals surface area (Å²) in [5.74, 6) is 2.65. The van der Waals surface area contributed by atoms with Crippen molar-refractivity contribution >= 4 is 21.3 Å². The molecule has 9 heteroatoms. The maximum Gasteiger partial charge on any atom is 0.261 e. The molecule has 3 aromatic heterocycles. The summed E-state index contributed by atoms with van der Waals surface area (Å²) >= 11 is 0. The number of H-pyrrole nitrogens is 1. The first-order valence-electron chi connectivity index (χ1n) is 11.3. The fourth-order valence-electron chi connectivity index (χ4n) is 3.85. The summed E-state index contributed by atoms with van der Waals surface area (Å²) in [6.45, 7) is 9.67. The smallest absolute Gasteiger partial charge is 0.261 e. The van der Waals surface area contributed by atoms with E-state index in [0.29, 0.717) is 12.2 Å². The molecule has 0 amide bonds. The third-order valence-electron chi connectivity index (χ3n) is 5.41. The van der Waals surface area contributed by atoms with Gasteiger partial charge in [0.1, 0.15) is 17.2 Å². The molecule has 0 radical (unpaired) electrons. The topological polar surface area (TPSA) is 114 Å². The number of aryl methyl sites for hydroxylation is 1. The van der Waals surface area contributed by atoms with Crippen LogP contribution in [0.1, 0.15) is 51.2 Å². The average Bonchev–Trinajstić information content (AvgIpc) is 3.42. The summed E-state index contributed by atoms with van der Waals surface area (Å²) in [5, 5.41) is 0. The molecular weight excluding hydrogens is 450 g/mol. The van der Waals surface area contributed by atoms with Crippen molar-refractivity contribution in [2.45, 2.75) is 53.0 Å². The minimum absolute atomic E-state index is 0.151. The van der Waals surface area contributed by atoms with Crippen molar-refractivity contribution in [3.8, 4) is 22.6 Å². The van der Waals surface area contributed by atoms with Crippen molar-refractivity contribution in [3.63, 3.8) is 0 Å². The monoisotopic (exact) mass is 481 g/mol. The van der Waals surface area contributed by atoms with E-state index in [4.69, 9.17) is 19.5 Å². The van der Waals surface area contributed by atoms with Gasteiger partial charge in [-0.25, -0.2) is 15.0 Å². The van der Waals surface area contributed by atoms with E-state index in [2.05, 4.69) is 73.6 Å². The van der Waals surface area contributed by atoms with Gasteiger partial charge in [0.2, 0.25) is 0 Å². The van der Waals surface area contributed by atoms with Gasteiger partial charge in [-0.1, -0.05) is 51.1 Å². The number of aromatic amines is 1. The van der Waals surface area contributed by atoms with Gasteiger partial charge in [-0.15, -0.1) is 0 Å². The standard InChI is InChI=1S/C24H27N5.CH4O3S/c1-15-25-19-13-12-18(26-23(19)29(15)14-24(2,3)4)21-20(16-8-6-5-7-9-16)27-22(28-21)17-10-11-17;1-5(2,3)4/h5-9,12-13,17H,10-11,14H2,1-4H3,(H,27,28);1H3,(H,2,3,4). The summed E-state index contributed by atoms with van der Waals surface area (Å²) < 4.78 is 28.1. The number of aromatic nitrogens is 5. The van der Waals surface area contributed by atoms with Crippen molar-refractivity contribution in [1.82, 2.24) is 24.5 Å². The van der Waals surface area contributed by atoms with E-state index in [1.807, 2.05) is 6.07 Å². The van der Waals surface area contributed by atoms with Crippen LogP contribution in [0.25, 0.3) is 33.8 Å². The maximum atomic E-state index is 9.19. The van der Waals surface area contributed by atoms with Crippen LogP contribution >= 0.6 is 0 Å². The number of benzene rings is 1. The Labute approximate surface area is 200 Å². The predicted molar refractivity (Wildman–Crippen MR) is 134 cm³/mol. The van der Waals surface area contributed by atoms with Gasteiger partial charge >= 0.3 is 0 Å². The van der Waals surface area contributed by atoms with E-state index in [0.717, 1.165) is 52.0 Å². The van der Waals surface area contributed by atoms with Crippen molar-refractivity contribution in [2.24, 2.45) is 5.41 Å². The predicted octanol–water partition coefficient (Wildman–Crippen LogP) is 5.22. The zero-order valence-corrected chi connectivity index (χ0v) is 21.0. The average molecular weight is 482 g/mol. The van der Waals surface area contributed by atoms with E-state index in [1.54, 1.807) is 0 Å². The molecule has 0 saturated heterocycles. The molecule has 1 aliphatic rings. The van der Waals surface area contributed by atoms with Crippen molar-refractivity contribution in [2.75, 3.05) is 6.26 Å². The Bertz CT molecular complexity index is 1400. The van der Waals surface area contributed by atoms with Crippen LogP contribution in [0.15, 0.2) is 42.5 Å². The van der Waals surface area contributed by atoms with Gasteiger partial charge in [-0.2, -0.15) is 8.42 Å². The van der Waals surface area contributed by atoms with Crippen LogP contribution in [0, 0.1) is 12.3 Å². The third kappa shape index (κ3) is 5.90. The maximum absolute atomic E-state index is 9.19. The van der Waals surface area contributed by atoms with Gasteiger partial charge in [-0.3, -0.25) is 4.55 Å². The highest BCUT2D eigenvalue weighted by molar-refractivity contribution is 7.85. The second kappa shape index (κ2) is 8.96. The van der Waals surface area contributed by atoms with Crippen LogP contribution in [0.5, 0.6) is 0 Å². The molecule has 1 fully saturated rings. The van der Waals surface area contributed by atoms with Crippen LogP contribution in [0.2, 0.25) is 0 Å². The van der Waals surface area contributed by atoms with E-state index < -0.39 is 10.1 Å². The molecule has 8 nitrogen and oxygen atoms in total. The first-order chi connectivity index (χ1) is 15.9. The highest BCUT2D eigenvalue weighted by Gasteiger charge is 2.29. The molecule has 0 unspecified atom stereocenters. The van der Waals surface area contributed by atoms with Gasteiger partial charge in [-0.05, 0) is 37.3 Å². The van der Waals surface area contributed by atoms with Gasteiger partial charge in [0.15, 0.2) is 5.65 Å². The summed E-state index contributed by atoms with van der Waals surface area (Å²) in [7, 11) is -3.67. The lowest BCUT2D eigenvalue weighted by molar-refractivity contribution is 0.344. The normalized spacial score (nSPS) is 14.2. The third-order valence-corrected chi connectivity index (χ3v) is 5.41. The number of fused-ring (bicyclic) bond motifs is 1. The molecule has 1 aliphatic carbocycles. The first-order valence-corrected chi connectivity index (χ1v) is 13.2. The number of rotatable bonds is 4. The molecule has 0 spiro atoms. The Kier molecular flexibility index (Phi) is 6.35. The van der Waals surface area contributed by atoms with E-state index in [1.165, 1.54) is 12.8 Å². The van der Waals surface area contributed by atoms with Gasteiger partial charge in [0.05, 0.1) is 23.3 Å². The highest BCUT2D eigenvalue weighted by Crippen LogP contribution is 2.41. The molecule has 3 heterocycles. The minimum atomic E-state index is -3.67. The second-order valence-electron chi connectivity index (χ2n) is 10.1. The molecule has 4 aromatic rings. The number of hydrogen-bond acceptors (Lipinski definition) is 5. The van der Waals surface area contributed by atoms with Gasteiger partial charge in [0, 0.05) is 18.0 Å². The molecule has 1 aromatic carbocycles. The SMILES string of the molecule is CS(=O)(=O)O.Cc1nc2ccc(-c3[nH]c(C4CC4)nc3-c3ccccc3)nc2n1CC(C)(C)C. The van der Waals surface area contributed by atoms with Crippen LogP contribution in [-0.4, -0.2) is 43.7 Å². The van der Waals surface area contributed by atoms with E-state index >= 15 is 0 Å². The fraction of sp³-hybridized carbons (Fsp3) is 0.400. The van der Waals surface area contributed by atoms with Crippen molar-refractivity contribution in [1.29, 1.82) is 0 Å². The summed E-state index contributed by atoms with van der Waals surface area (Å²) in [4.78, 5) is 18.4. The summed E-state index contributed by atoms with van der Waals surface area (Å²) in [6.07, 6.45) is 3.14. The van der Waals surface area contributed by atoms with Crippen molar-refractivity contribution in [3.05, 3.63) is 54.1 Å². The van der Waals surface area contributed by atoms with Crippen LogP contribution in [0.3, 0.4) is 0 Å². The molecule has 1 saturated carbocycles. The number of nitrogens with one attached hydrogen (secondary N) is 1. The Morgan fingerprint density at radius 3 is 2.29 bits per heavy atom. The van der Waals surface area contributed by atoms with Crippen molar-refractivity contribution < 1.29 is 13.0 Å². The molecular formula is C25H31N5O3S. The lowest BCUT2D eigenvalue weighted by Gasteiger charge is -2.20. The highest BCUT2D eigenvalue weighted by atomic mass is 32.2. The Balaban J connectivity index is 0.000000499. The second-order valence-corrected chi connectivity index (χ2v) is 11.5. The molecule has 34 heavy (non-hydrogen) atoms. The lowest BCUT2D eigenvalue weighted by Crippen LogP contribution is -2.16. The van der Waals surface area contributed by atoms with Crippen LogP contribution < -0.4 is 0 Å². The van der Waals surface area contributed by atoms with E-state index in [-0.39, 0.29) is 5.41 Å². The zero-order valence-electron chi connectivity index (χ0n) is 20.2. The van der Waals surface area contributed by atoms with Gasteiger partial charge < -0.3 is 9.55 Å².